The Morgan fingerprint density at radius 3 is 2.24 bits per heavy atom. The summed E-state index contributed by atoms with van der Waals surface area (Å²) in [5.41, 5.74) is 0. The number of primary sulfonamides is 1. The molecule has 0 atom stereocenters. The van der Waals surface area contributed by atoms with E-state index in [2.05, 4.69) is 6.92 Å². The van der Waals surface area contributed by atoms with E-state index in [0.29, 0.717) is 19.0 Å². The maximum Gasteiger partial charge on any atom is 0.243 e. The summed E-state index contributed by atoms with van der Waals surface area (Å²) < 4.78 is 49.2. The van der Waals surface area contributed by atoms with Gasteiger partial charge in [0.05, 0.1) is 9.79 Å². The van der Waals surface area contributed by atoms with E-state index in [0.717, 1.165) is 25.3 Å². The van der Waals surface area contributed by atoms with Crippen molar-refractivity contribution in [3.05, 3.63) is 24.3 Å². The highest BCUT2D eigenvalue weighted by atomic mass is 32.2. The fraction of sp³-hybridized carbons (Fsp3) is 0.538. The van der Waals surface area contributed by atoms with E-state index in [1.54, 1.807) is 0 Å². The summed E-state index contributed by atoms with van der Waals surface area (Å²) in [4.78, 5) is -0.212. The first-order valence-corrected chi connectivity index (χ1v) is 9.87. The molecule has 0 unspecified atom stereocenters. The summed E-state index contributed by atoms with van der Waals surface area (Å²) in [6.45, 7) is 3.05. The highest BCUT2D eigenvalue weighted by Crippen LogP contribution is 2.26. The molecule has 118 valence electrons. The second kappa shape index (κ2) is 6.04. The quantitative estimate of drug-likeness (QED) is 0.894. The molecule has 8 heteroatoms. The van der Waals surface area contributed by atoms with E-state index < -0.39 is 20.0 Å². The number of rotatable bonds is 4. The number of sulfonamides is 2. The molecular weight excluding hydrogens is 312 g/mol. The lowest BCUT2D eigenvalue weighted by molar-refractivity contribution is 0.269. The monoisotopic (exact) mass is 332 g/mol. The van der Waals surface area contributed by atoms with Gasteiger partial charge < -0.3 is 0 Å². The zero-order valence-corrected chi connectivity index (χ0v) is 13.5. The molecule has 0 spiro atoms. The van der Waals surface area contributed by atoms with Crippen molar-refractivity contribution in [3.8, 4) is 0 Å². The van der Waals surface area contributed by atoms with Crippen molar-refractivity contribution in [3.63, 3.8) is 0 Å². The molecule has 2 rings (SSSR count). The van der Waals surface area contributed by atoms with Crippen molar-refractivity contribution in [1.82, 2.24) is 4.31 Å². The average Bonchev–Trinajstić information content (AvgIpc) is 2.46. The van der Waals surface area contributed by atoms with E-state index >= 15 is 0 Å². The fourth-order valence-electron chi connectivity index (χ4n) is 2.52. The van der Waals surface area contributed by atoms with Crippen LogP contribution in [-0.2, 0) is 20.0 Å². The Balaban J connectivity index is 2.29. The number of hydrogen-bond acceptors (Lipinski definition) is 4. The fourth-order valence-corrected chi connectivity index (χ4v) is 4.67. The van der Waals surface area contributed by atoms with Gasteiger partial charge >= 0.3 is 0 Å². The highest BCUT2D eigenvalue weighted by Gasteiger charge is 2.29. The summed E-state index contributed by atoms with van der Waals surface area (Å²) >= 11 is 0. The van der Waals surface area contributed by atoms with Crippen molar-refractivity contribution in [2.24, 2.45) is 11.1 Å². The second-order valence-corrected chi connectivity index (χ2v) is 8.77. The molecule has 0 aliphatic carbocycles. The number of benzene rings is 1. The summed E-state index contributed by atoms with van der Waals surface area (Å²) in [5.74, 6) is 0.562. The van der Waals surface area contributed by atoms with Crippen LogP contribution in [0.3, 0.4) is 0 Å². The standard InChI is InChI=1S/C13H20N2O4S2/c1-2-11-6-8-15(9-7-11)21(18,19)13-5-3-4-12(10-13)20(14,16)17/h3-5,10-11H,2,6-9H2,1H3,(H2,14,16,17). The maximum atomic E-state index is 12.6. The maximum absolute atomic E-state index is 12.6. The first-order chi connectivity index (χ1) is 9.75. The summed E-state index contributed by atoms with van der Waals surface area (Å²) in [6, 6.07) is 5.20. The topological polar surface area (TPSA) is 97.5 Å². The van der Waals surface area contributed by atoms with Gasteiger partial charge in [0.15, 0.2) is 0 Å². The summed E-state index contributed by atoms with van der Waals surface area (Å²) in [5, 5.41) is 5.05. The lowest BCUT2D eigenvalue weighted by Crippen LogP contribution is -2.38. The van der Waals surface area contributed by atoms with Crippen LogP contribution in [0.4, 0.5) is 0 Å². The first kappa shape index (κ1) is 16.4. The predicted octanol–water partition coefficient (Wildman–Crippen LogP) is 1.14. The minimum absolute atomic E-state index is 0.0241. The molecule has 1 heterocycles. The lowest BCUT2D eigenvalue weighted by Gasteiger charge is -2.30. The van der Waals surface area contributed by atoms with Gasteiger partial charge in [-0.05, 0) is 37.0 Å². The Labute approximate surface area is 126 Å². The van der Waals surface area contributed by atoms with Gasteiger partial charge in [0.2, 0.25) is 20.0 Å². The van der Waals surface area contributed by atoms with Gasteiger partial charge in [-0.25, -0.2) is 22.0 Å². The predicted molar refractivity (Wildman–Crippen MR) is 79.6 cm³/mol. The Morgan fingerprint density at radius 2 is 1.71 bits per heavy atom. The first-order valence-electron chi connectivity index (χ1n) is 6.88. The zero-order chi connectivity index (χ0) is 15.7. The third-order valence-electron chi connectivity index (χ3n) is 3.92. The smallest absolute Gasteiger partial charge is 0.225 e. The molecule has 0 saturated carbocycles. The van der Waals surface area contributed by atoms with Gasteiger partial charge in [0.1, 0.15) is 0 Å². The molecule has 1 aliphatic heterocycles. The van der Waals surface area contributed by atoms with E-state index in [4.69, 9.17) is 5.14 Å². The van der Waals surface area contributed by atoms with E-state index in [1.165, 1.54) is 22.5 Å². The zero-order valence-electron chi connectivity index (χ0n) is 11.9. The van der Waals surface area contributed by atoms with E-state index in [9.17, 15) is 16.8 Å². The van der Waals surface area contributed by atoms with Crippen LogP contribution in [0, 0.1) is 5.92 Å². The molecule has 1 aromatic carbocycles. The number of nitrogens with zero attached hydrogens (tertiary/aromatic N) is 1. The van der Waals surface area contributed by atoms with Crippen molar-refractivity contribution >= 4 is 20.0 Å². The van der Waals surface area contributed by atoms with Gasteiger partial charge in [-0.15, -0.1) is 0 Å². The van der Waals surface area contributed by atoms with Crippen molar-refractivity contribution in [2.45, 2.75) is 36.0 Å². The minimum atomic E-state index is -3.91. The number of hydrogen-bond donors (Lipinski definition) is 1. The Hall–Kier alpha value is -0.960. The molecule has 2 N–H and O–H groups in total. The van der Waals surface area contributed by atoms with Crippen LogP contribution in [0.1, 0.15) is 26.2 Å². The SMILES string of the molecule is CCC1CCN(S(=O)(=O)c2cccc(S(N)(=O)=O)c2)CC1. The van der Waals surface area contributed by atoms with Crippen molar-refractivity contribution in [1.29, 1.82) is 0 Å². The molecule has 1 aromatic rings. The van der Waals surface area contributed by atoms with Gasteiger partial charge in [0, 0.05) is 13.1 Å². The Bertz CT molecular complexity index is 705. The van der Waals surface area contributed by atoms with Crippen LogP contribution >= 0.6 is 0 Å². The van der Waals surface area contributed by atoms with Crippen molar-refractivity contribution < 1.29 is 16.8 Å². The Morgan fingerprint density at radius 1 is 1.14 bits per heavy atom. The molecule has 0 aromatic heterocycles. The molecule has 0 amide bonds. The largest absolute Gasteiger partial charge is 0.243 e. The molecular formula is C13H20N2O4S2. The highest BCUT2D eigenvalue weighted by molar-refractivity contribution is 7.90. The molecule has 1 saturated heterocycles. The van der Waals surface area contributed by atoms with Crippen LogP contribution in [0.25, 0.3) is 0 Å². The van der Waals surface area contributed by atoms with Gasteiger partial charge in [-0.1, -0.05) is 19.4 Å². The van der Waals surface area contributed by atoms with Crippen LogP contribution in [0.15, 0.2) is 34.1 Å². The Kier molecular flexibility index (Phi) is 4.72. The average molecular weight is 332 g/mol. The summed E-state index contributed by atoms with van der Waals surface area (Å²) in [7, 11) is -7.58. The normalized spacial score (nSPS) is 18.8. The van der Waals surface area contributed by atoms with Gasteiger partial charge in [-0.2, -0.15) is 4.31 Å². The van der Waals surface area contributed by atoms with Crippen LogP contribution < -0.4 is 5.14 Å². The van der Waals surface area contributed by atoms with Gasteiger partial charge in [0.25, 0.3) is 0 Å². The van der Waals surface area contributed by atoms with E-state index in [-0.39, 0.29) is 9.79 Å². The molecule has 0 bridgehead atoms. The number of piperidine rings is 1. The third-order valence-corrected chi connectivity index (χ3v) is 6.73. The molecule has 6 nitrogen and oxygen atoms in total. The van der Waals surface area contributed by atoms with Gasteiger partial charge in [-0.3, -0.25) is 0 Å². The molecule has 1 aliphatic rings. The molecule has 1 fully saturated rings. The van der Waals surface area contributed by atoms with Crippen molar-refractivity contribution in [2.75, 3.05) is 13.1 Å². The van der Waals surface area contributed by atoms with Crippen LogP contribution in [0.2, 0.25) is 0 Å². The summed E-state index contributed by atoms with van der Waals surface area (Å²) in [6.07, 6.45) is 2.73. The van der Waals surface area contributed by atoms with Crippen LogP contribution in [-0.4, -0.2) is 34.2 Å². The second-order valence-electron chi connectivity index (χ2n) is 5.28. The number of nitrogens with two attached hydrogens (primary N) is 1. The minimum Gasteiger partial charge on any atom is -0.225 e. The lowest BCUT2D eigenvalue weighted by atomic mass is 9.96. The molecule has 0 radical (unpaired) electrons. The third kappa shape index (κ3) is 3.63. The van der Waals surface area contributed by atoms with E-state index in [1.807, 2.05) is 0 Å². The van der Waals surface area contributed by atoms with Crippen LogP contribution in [0.5, 0.6) is 0 Å². The molecule has 21 heavy (non-hydrogen) atoms.